The second-order valence-electron chi connectivity index (χ2n) is 6.95. The summed E-state index contributed by atoms with van der Waals surface area (Å²) < 4.78 is 19.0. The standard InChI is InChI=1S/C19H22FN5O2/c20-13-4-3-5-14(8-13)27-18-9-17(22-12-23-18)24-10-15(21)16(11-24)25-7-2-1-6-19(25)26/h3-5,8-9,12,15-16H,1-2,6-7,10-11,21H2/t15-,16+/m1/s1. The van der Waals surface area contributed by atoms with Gasteiger partial charge in [-0.3, -0.25) is 4.79 Å². The first-order chi connectivity index (χ1) is 13.1. The summed E-state index contributed by atoms with van der Waals surface area (Å²) >= 11 is 0. The Bertz CT molecular complexity index is 833. The summed E-state index contributed by atoms with van der Waals surface area (Å²) in [6.45, 7) is 2.00. The van der Waals surface area contributed by atoms with E-state index in [4.69, 9.17) is 10.5 Å². The van der Waals surface area contributed by atoms with Crippen molar-refractivity contribution >= 4 is 11.7 Å². The van der Waals surface area contributed by atoms with Crippen molar-refractivity contribution in [3.05, 3.63) is 42.5 Å². The number of halogens is 1. The molecule has 2 atom stereocenters. The van der Waals surface area contributed by atoms with Crippen LogP contribution in [0, 0.1) is 5.82 Å². The zero-order valence-electron chi connectivity index (χ0n) is 14.9. The molecule has 1 aromatic heterocycles. The average molecular weight is 371 g/mol. The fourth-order valence-electron chi connectivity index (χ4n) is 3.72. The molecule has 2 fully saturated rings. The summed E-state index contributed by atoms with van der Waals surface area (Å²) in [5, 5.41) is 0. The molecule has 2 aliphatic heterocycles. The lowest BCUT2D eigenvalue weighted by Gasteiger charge is -2.34. The van der Waals surface area contributed by atoms with Crippen LogP contribution in [0.3, 0.4) is 0 Å². The minimum atomic E-state index is -0.374. The predicted octanol–water partition coefficient (Wildman–Crippen LogP) is 1.94. The van der Waals surface area contributed by atoms with Crippen LogP contribution < -0.4 is 15.4 Å². The van der Waals surface area contributed by atoms with Crippen molar-refractivity contribution < 1.29 is 13.9 Å². The van der Waals surface area contributed by atoms with Crippen LogP contribution in [0.1, 0.15) is 19.3 Å². The molecular formula is C19H22FN5O2. The van der Waals surface area contributed by atoms with Gasteiger partial charge in [0.05, 0.1) is 6.04 Å². The second-order valence-corrected chi connectivity index (χ2v) is 6.95. The Labute approximate surface area is 157 Å². The first-order valence-corrected chi connectivity index (χ1v) is 9.15. The monoisotopic (exact) mass is 371 g/mol. The van der Waals surface area contributed by atoms with Crippen LogP contribution in [-0.4, -0.2) is 52.5 Å². The van der Waals surface area contributed by atoms with Gasteiger partial charge in [0.1, 0.15) is 23.7 Å². The lowest BCUT2D eigenvalue weighted by molar-refractivity contribution is -0.135. The smallest absolute Gasteiger partial charge is 0.224 e. The highest BCUT2D eigenvalue weighted by Crippen LogP contribution is 2.27. The van der Waals surface area contributed by atoms with Gasteiger partial charge in [-0.1, -0.05) is 6.07 Å². The van der Waals surface area contributed by atoms with Crippen molar-refractivity contribution in [2.24, 2.45) is 5.73 Å². The van der Waals surface area contributed by atoms with Gasteiger partial charge in [0, 0.05) is 44.2 Å². The number of amides is 1. The van der Waals surface area contributed by atoms with Gasteiger partial charge in [-0.2, -0.15) is 0 Å². The molecule has 0 aliphatic carbocycles. The SMILES string of the molecule is N[C@@H]1CN(c2cc(Oc3cccc(F)c3)ncn2)C[C@@H]1N1CCCCC1=O. The van der Waals surface area contributed by atoms with Crippen LogP contribution >= 0.6 is 0 Å². The highest BCUT2D eigenvalue weighted by molar-refractivity contribution is 5.77. The zero-order valence-corrected chi connectivity index (χ0v) is 14.9. The Hall–Kier alpha value is -2.74. The van der Waals surface area contributed by atoms with Crippen LogP contribution in [0.25, 0.3) is 0 Å². The summed E-state index contributed by atoms with van der Waals surface area (Å²) in [6.07, 6.45) is 3.99. The molecule has 0 saturated carbocycles. The normalized spacial score (nSPS) is 23.0. The lowest BCUT2D eigenvalue weighted by atomic mass is 10.1. The van der Waals surface area contributed by atoms with Gasteiger partial charge in [0.25, 0.3) is 0 Å². The number of anilines is 1. The lowest BCUT2D eigenvalue weighted by Crippen LogP contribution is -2.51. The minimum Gasteiger partial charge on any atom is -0.439 e. The van der Waals surface area contributed by atoms with Gasteiger partial charge >= 0.3 is 0 Å². The zero-order chi connectivity index (χ0) is 18.8. The van der Waals surface area contributed by atoms with Crippen LogP contribution in [0.4, 0.5) is 10.2 Å². The Balaban J connectivity index is 1.48. The molecule has 0 unspecified atom stereocenters. The molecule has 8 heteroatoms. The third kappa shape index (κ3) is 3.85. The Morgan fingerprint density at radius 1 is 1.19 bits per heavy atom. The number of likely N-dealkylation sites (tertiary alicyclic amines) is 1. The maximum Gasteiger partial charge on any atom is 0.224 e. The Morgan fingerprint density at radius 3 is 2.89 bits per heavy atom. The topological polar surface area (TPSA) is 84.6 Å². The van der Waals surface area contributed by atoms with E-state index < -0.39 is 0 Å². The number of ether oxygens (including phenoxy) is 1. The van der Waals surface area contributed by atoms with Gasteiger partial charge in [0.15, 0.2) is 0 Å². The number of nitrogens with two attached hydrogens (primary N) is 1. The number of hydrogen-bond acceptors (Lipinski definition) is 6. The predicted molar refractivity (Wildman–Crippen MR) is 98.0 cm³/mol. The van der Waals surface area contributed by atoms with Crippen molar-refractivity contribution in [2.45, 2.75) is 31.3 Å². The van der Waals surface area contributed by atoms with E-state index in [-0.39, 0.29) is 23.8 Å². The highest BCUT2D eigenvalue weighted by Gasteiger charge is 2.38. The molecule has 3 heterocycles. The second kappa shape index (κ2) is 7.48. The minimum absolute atomic E-state index is 0.0136. The molecule has 0 radical (unpaired) electrons. The van der Waals surface area contributed by atoms with Gasteiger partial charge in [0.2, 0.25) is 11.8 Å². The fourth-order valence-corrected chi connectivity index (χ4v) is 3.72. The summed E-state index contributed by atoms with van der Waals surface area (Å²) in [6, 6.07) is 7.45. The molecule has 2 aromatic rings. The number of carbonyl (C=O) groups excluding carboxylic acids is 1. The van der Waals surface area contributed by atoms with E-state index in [9.17, 15) is 9.18 Å². The molecule has 4 rings (SSSR count). The van der Waals surface area contributed by atoms with Crippen molar-refractivity contribution in [3.8, 4) is 11.6 Å². The summed E-state index contributed by atoms with van der Waals surface area (Å²) in [7, 11) is 0. The van der Waals surface area contributed by atoms with E-state index in [1.54, 1.807) is 18.2 Å². The number of aromatic nitrogens is 2. The van der Waals surface area contributed by atoms with Gasteiger partial charge in [-0.15, -0.1) is 0 Å². The molecule has 142 valence electrons. The first-order valence-electron chi connectivity index (χ1n) is 9.15. The number of hydrogen-bond donors (Lipinski definition) is 1. The maximum atomic E-state index is 13.3. The van der Waals surface area contributed by atoms with Crippen molar-refractivity contribution in [2.75, 3.05) is 24.5 Å². The van der Waals surface area contributed by atoms with Crippen molar-refractivity contribution in [1.29, 1.82) is 0 Å². The molecule has 7 nitrogen and oxygen atoms in total. The Kier molecular flexibility index (Phi) is 4.89. The van der Waals surface area contributed by atoms with E-state index in [0.29, 0.717) is 37.0 Å². The molecule has 27 heavy (non-hydrogen) atoms. The van der Waals surface area contributed by atoms with Crippen molar-refractivity contribution in [3.63, 3.8) is 0 Å². The Morgan fingerprint density at radius 2 is 2.07 bits per heavy atom. The molecular weight excluding hydrogens is 349 g/mol. The quantitative estimate of drug-likeness (QED) is 0.884. The van der Waals surface area contributed by atoms with Gasteiger partial charge in [-0.05, 0) is 25.0 Å². The summed E-state index contributed by atoms with van der Waals surface area (Å²) in [4.78, 5) is 24.6. The van der Waals surface area contributed by atoms with E-state index in [2.05, 4.69) is 9.97 Å². The number of nitrogens with zero attached hydrogens (tertiary/aromatic N) is 4. The largest absolute Gasteiger partial charge is 0.439 e. The van der Waals surface area contributed by atoms with Crippen molar-refractivity contribution in [1.82, 2.24) is 14.9 Å². The van der Waals surface area contributed by atoms with E-state index >= 15 is 0 Å². The van der Waals surface area contributed by atoms with Gasteiger partial charge in [-0.25, -0.2) is 14.4 Å². The molecule has 0 spiro atoms. The molecule has 2 saturated heterocycles. The van der Waals surface area contributed by atoms with Crippen LogP contribution in [0.15, 0.2) is 36.7 Å². The molecule has 1 amide bonds. The molecule has 2 N–H and O–H groups in total. The van der Waals surface area contributed by atoms with E-state index in [1.165, 1.54) is 18.5 Å². The third-order valence-electron chi connectivity index (χ3n) is 5.06. The fraction of sp³-hybridized carbons (Fsp3) is 0.421. The highest BCUT2D eigenvalue weighted by atomic mass is 19.1. The number of rotatable bonds is 4. The van der Waals surface area contributed by atoms with Crippen LogP contribution in [0.5, 0.6) is 11.6 Å². The van der Waals surface area contributed by atoms with Gasteiger partial charge < -0.3 is 20.3 Å². The number of benzene rings is 1. The van der Waals surface area contributed by atoms with Crippen LogP contribution in [0.2, 0.25) is 0 Å². The third-order valence-corrected chi connectivity index (χ3v) is 5.06. The van der Waals surface area contributed by atoms with Crippen LogP contribution in [-0.2, 0) is 4.79 Å². The number of piperidine rings is 1. The maximum absolute atomic E-state index is 13.3. The summed E-state index contributed by atoms with van der Waals surface area (Å²) in [5.74, 6) is 1.19. The summed E-state index contributed by atoms with van der Waals surface area (Å²) in [5.41, 5.74) is 6.33. The first kappa shape index (κ1) is 17.7. The molecule has 0 bridgehead atoms. The number of carbonyl (C=O) groups is 1. The average Bonchev–Trinajstić information content (AvgIpc) is 3.04. The molecule has 2 aliphatic rings. The molecule has 1 aromatic carbocycles. The van der Waals surface area contributed by atoms with E-state index in [1.807, 2.05) is 9.80 Å². The van der Waals surface area contributed by atoms with E-state index in [0.717, 1.165) is 19.4 Å².